The van der Waals surface area contributed by atoms with Gasteiger partial charge in [-0.2, -0.15) is 4.98 Å². The van der Waals surface area contributed by atoms with Crippen LogP contribution in [0.25, 0.3) is 0 Å². The molecule has 0 aliphatic carbocycles. The summed E-state index contributed by atoms with van der Waals surface area (Å²) in [6.07, 6.45) is -0.0867. The fourth-order valence-electron chi connectivity index (χ4n) is 1.22. The van der Waals surface area contributed by atoms with E-state index in [2.05, 4.69) is 9.97 Å². The highest BCUT2D eigenvalue weighted by molar-refractivity contribution is 6.29. The first-order valence-corrected chi connectivity index (χ1v) is 5.80. The molecular formula is C11H17ClN2O3. The van der Waals surface area contributed by atoms with Crippen LogP contribution < -0.4 is 4.74 Å². The number of nitrogens with zero attached hydrogens (tertiary/aromatic N) is 2. The Morgan fingerprint density at radius 1 is 1.41 bits per heavy atom. The lowest BCUT2D eigenvalue weighted by Gasteiger charge is -2.14. The molecule has 0 aliphatic rings. The predicted molar refractivity (Wildman–Crippen MR) is 64.3 cm³/mol. The van der Waals surface area contributed by atoms with Crippen LogP contribution in [0.5, 0.6) is 5.88 Å². The van der Waals surface area contributed by atoms with Gasteiger partial charge in [0.25, 0.3) is 0 Å². The lowest BCUT2D eigenvalue weighted by molar-refractivity contribution is 0.0628. The number of hydrogen-bond donors (Lipinski definition) is 0. The van der Waals surface area contributed by atoms with Gasteiger partial charge in [-0.25, -0.2) is 4.98 Å². The minimum absolute atomic E-state index is 0.0867. The zero-order valence-electron chi connectivity index (χ0n) is 10.3. The maximum Gasteiger partial charge on any atom is 0.218 e. The summed E-state index contributed by atoms with van der Waals surface area (Å²) in [6.45, 7) is 5.31. The van der Waals surface area contributed by atoms with Crippen LogP contribution in [0.15, 0.2) is 6.07 Å². The Labute approximate surface area is 106 Å². The molecule has 0 saturated heterocycles. The highest BCUT2D eigenvalue weighted by Crippen LogP contribution is 2.15. The molecule has 0 aliphatic heterocycles. The molecule has 1 atom stereocenters. The van der Waals surface area contributed by atoms with Gasteiger partial charge in [-0.05, 0) is 13.8 Å². The van der Waals surface area contributed by atoms with E-state index < -0.39 is 0 Å². The van der Waals surface area contributed by atoms with Crippen molar-refractivity contribution in [3.05, 3.63) is 17.0 Å². The average Bonchev–Trinajstić information content (AvgIpc) is 2.26. The molecule has 1 aromatic rings. The number of halogens is 1. The quantitative estimate of drug-likeness (QED) is 0.703. The van der Waals surface area contributed by atoms with Crippen molar-refractivity contribution in [2.24, 2.45) is 0 Å². The number of aromatic nitrogens is 2. The molecule has 0 amide bonds. The van der Waals surface area contributed by atoms with Gasteiger partial charge < -0.3 is 14.2 Å². The summed E-state index contributed by atoms with van der Waals surface area (Å²) in [7, 11) is 1.57. The Morgan fingerprint density at radius 2 is 2.18 bits per heavy atom. The summed E-state index contributed by atoms with van der Waals surface area (Å²) in [4.78, 5) is 8.18. The van der Waals surface area contributed by atoms with E-state index in [1.807, 2.05) is 13.8 Å². The molecule has 96 valence electrons. The summed E-state index contributed by atoms with van der Waals surface area (Å²) in [5, 5.41) is 0.339. The summed E-state index contributed by atoms with van der Waals surface area (Å²) >= 11 is 5.86. The number of hydrogen-bond acceptors (Lipinski definition) is 5. The lowest BCUT2D eigenvalue weighted by atomic mass is 10.4. The van der Waals surface area contributed by atoms with Gasteiger partial charge in [0.1, 0.15) is 17.9 Å². The number of ether oxygens (including phenoxy) is 3. The molecule has 6 heteroatoms. The molecule has 1 heterocycles. The van der Waals surface area contributed by atoms with Crippen LogP contribution in [-0.4, -0.2) is 36.4 Å². The molecule has 1 unspecified atom stereocenters. The minimum atomic E-state index is -0.0867. The fraction of sp³-hybridized carbons (Fsp3) is 0.636. The Bertz CT molecular complexity index is 349. The van der Waals surface area contributed by atoms with Crippen molar-refractivity contribution < 1.29 is 14.2 Å². The average molecular weight is 261 g/mol. The van der Waals surface area contributed by atoms with E-state index >= 15 is 0 Å². The Balaban J connectivity index is 2.63. The molecule has 17 heavy (non-hydrogen) atoms. The van der Waals surface area contributed by atoms with E-state index in [9.17, 15) is 0 Å². The van der Waals surface area contributed by atoms with Crippen molar-refractivity contribution in [2.45, 2.75) is 26.6 Å². The van der Waals surface area contributed by atoms with Crippen LogP contribution in [-0.2, 0) is 16.1 Å². The van der Waals surface area contributed by atoms with E-state index in [0.717, 1.165) is 0 Å². The summed E-state index contributed by atoms with van der Waals surface area (Å²) in [5.74, 6) is 0.933. The molecule has 5 nitrogen and oxygen atoms in total. The van der Waals surface area contributed by atoms with E-state index in [-0.39, 0.29) is 6.10 Å². The van der Waals surface area contributed by atoms with Crippen molar-refractivity contribution in [1.29, 1.82) is 0 Å². The molecule has 0 fully saturated rings. The van der Waals surface area contributed by atoms with Crippen molar-refractivity contribution in [1.82, 2.24) is 9.97 Å². The van der Waals surface area contributed by atoms with Crippen molar-refractivity contribution in [3.63, 3.8) is 0 Å². The van der Waals surface area contributed by atoms with Gasteiger partial charge in [-0.15, -0.1) is 0 Å². The molecule has 1 aromatic heterocycles. The van der Waals surface area contributed by atoms with Gasteiger partial charge in [0.05, 0.1) is 6.61 Å². The third-order valence-electron chi connectivity index (χ3n) is 1.87. The predicted octanol–water partition coefficient (Wildman–Crippen LogP) is 2.08. The Kier molecular flexibility index (Phi) is 6.18. The summed E-state index contributed by atoms with van der Waals surface area (Å²) < 4.78 is 15.8. The lowest BCUT2D eigenvalue weighted by Crippen LogP contribution is -2.20. The summed E-state index contributed by atoms with van der Waals surface area (Å²) in [6, 6.07) is 1.57. The molecule has 0 saturated carbocycles. The Hall–Kier alpha value is -0.910. The van der Waals surface area contributed by atoms with Gasteiger partial charge in [0.15, 0.2) is 5.82 Å². The van der Waals surface area contributed by atoms with E-state index in [1.54, 1.807) is 13.2 Å². The molecule has 0 radical (unpaired) electrons. The zero-order chi connectivity index (χ0) is 12.7. The molecule has 1 rings (SSSR count). The van der Waals surface area contributed by atoms with Crippen LogP contribution in [0, 0.1) is 0 Å². The zero-order valence-corrected chi connectivity index (χ0v) is 11.0. The van der Waals surface area contributed by atoms with Crippen LogP contribution >= 0.6 is 11.6 Å². The highest BCUT2D eigenvalue weighted by Gasteiger charge is 2.08. The molecule has 0 bridgehead atoms. The highest BCUT2D eigenvalue weighted by atomic mass is 35.5. The van der Waals surface area contributed by atoms with E-state index in [1.165, 1.54) is 0 Å². The van der Waals surface area contributed by atoms with Gasteiger partial charge in [0, 0.05) is 19.8 Å². The number of rotatable bonds is 7. The second kappa shape index (κ2) is 7.42. The van der Waals surface area contributed by atoms with Crippen molar-refractivity contribution in [2.75, 3.05) is 20.3 Å². The normalized spacial score (nSPS) is 12.5. The van der Waals surface area contributed by atoms with E-state index in [4.69, 9.17) is 25.8 Å². The van der Waals surface area contributed by atoms with Crippen LogP contribution in [0.1, 0.15) is 19.7 Å². The second-order valence-corrected chi connectivity index (χ2v) is 3.85. The maximum atomic E-state index is 5.86. The topological polar surface area (TPSA) is 53.5 Å². The SMILES string of the molecule is CCOCC(C)Oc1cc(Cl)nc(COC)n1. The molecule has 0 spiro atoms. The largest absolute Gasteiger partial charge is 0.472 e. The van der Waals surface area contributed by atoms with Gasteiger partial charge >= 0.3 is 0 Å². The maximum absolute atomic E-state index is 5.86. The molecule has 0 N–H and O–H groups in total. The first-order valence-electron chi connectivity index (χ1n) is 5.42. The standard InChI is InChI=1S/C11H17ClN2O3/c1-4-16-6-8(2)17-11-5-9(12)13-10(14-11)7-15-3/h5,8H,4,6-7H2,1-3H3. The van der Waals surface area contributed by atoms with Crippen LogP contribution in [0.2, 0.25) is 5.15 Å². The monoisotopic (exact) mass is 260 g/mol. The summed E-state index contributed by atoms with van der Waals surface area (Å²) in [5.41, 5.74) is 0. The third kappa shape index (κ3) is 5.30. The first kappa shape index (κ1) is 14.2. The molecule has 0 aromatic carbocycles. The van der Waals surface area contributed by atoms with Crippen molar-refractivity contribution in [3.8, 4) is 5.88 Å². The first-order chi connectivity index (χ1) is 8.15. The van der Waals surface area contributed by atoms with Crippen molar-refractivity contribution >= 4 is 11.6 Å². The van der Waals surface area contributed by atoms with Gasteiger partial charge in [-0.3, -0.25) is 0 Å². The van der Waals surface area contributed by atoms with Gasteiger partial charge in [-0.1, -0.05) is 11.6 Å². The van der Waals surface area contributed by atoms with E-state index in [0.29, 0.717) is 36.7 Å². The van der Waals surface area contributed by atoms with Crippen LogP contribution in [0.3, 0.4) is 0 Å². The molecular weight excluding hydrogens is 244 g/mol. The third-order valence-corrected chi connectivity index (χ3v) is 2.06. The van der Waals surface area contributed by atoms with Gasteiger partial charge in [0.2, 0.25) is 5.88 Å². The smallest absolute Gasteiger partial charge is 0.218 e. The Morgan fingerprint density at radius 3 is 2.82 bits per heavy atom. The second-order valence-electron chi connectivity index (χ2n) is 3.47. The number of methoxy groups -OCH3 is 1. The minimum Gasteiger partial charge on any atom is -0.472 e. The fourth-order valence-corrected chi connectivity index (χ4v) is 1.41. The van der Waals surface area contributed by atoms with Crippen LogP contribution in [0.4, 0.5) is 0 Å².